The Morgan fingerprint density at radius 1 is 1.62 bits per heavy atom. The summed E-state index contributed by atoms with van der Waals surface area (Å²) in [6, 6.07) is 0.246. The van der Waals surface area contributed by atoms with E-state index in [4.69, 9.17) is 5.73 Å². The number of sulfone groups is 1. The first-order valence-electron chi connectivity index (χ1n) is 7.19. The molecule has 0 spiro atoms. The first-order valence-corrected chi connectivity index (χ1v) is 9.25. The number of piperidine rings is 1. The molecule has 0 aromatic rings. The molecule has 0 aromatic carbocycles. The monoisotopic (exact) mass is 318 g/mol. The number of nitrogens with two attached hydrogens (primary N) is 1. The molecule has 1 unspecified atom stereocenters. The first-order chi connectivity index (χ1) is 9.74. The van der Waals surface area contributed by atoms with Gasteiger partial charge >= 0.3 is 0 Å². The fraction of sp³-hybridized carbons (Fsp3) is 0.846. The molecular weight excluding hydrogens is 294 g/mol. The fourth-order valence-corrected chi connectivity index (χ4v) is 3.91. The minimum Gasteiger partial charge on any atom is -0.390 e. The highest BCUT2D eigenvalue weighted by Gasteiger charge is 2.52. The molecule has 0 aliphatic carbocycles. The van der Waals surface area contributed by atoms with Gasteiger partial charge in [-0.25, -0.2) is 8.42 Å². The Labute approximate surface area is 125 Å². The van der Waals surface area contributed by atoms with Gasteiger partial charge in [-0.1, -0.05) is 0 Å². The number of aliphatic hydroxyl groups excluding tert-OH is 1. The van der Waals surface area contributed by atoms with Gasteiger partial charge in [-0.2, -0.15) is 0 Å². The summed E-state index contributed by atoms with van der Waals surface area (Å²) in [5.74, 6) is -0.500. The van der Waals surface area contributed by atoms with Crippen LogP contribution in [0.25, 0.3) is 0 Å². The van der Waals surface area contributed by atoms with Crippen molar-refractivity contribution in [2.45, 2.75) is 43.4 Å². The van der Waals surface area contributed by atoms with Crippen molar-refractivity contribution in [3.63, 3.8) is 0 Å². The Hall–Kier alpha value is -0.700. The summed E-state index contributed by atoms with van der Waals surface area (Å²) in [6.07, 6.45) is 5.67. The summed E-state index contributed by atoms with van der Waals surface area (Å²) in [5, 5.41) is 12.8. The van der Waals surface area contributed by atoms with E-state index < -0.39 is 21.5 Å². The molecule has 121 valence electrons. The lowest BCUT2D eigenvalue weighted by Gasteiger charge is -2.43. The average molecular weight is 318 g/mol. The number of fused-ring (bicyclic) bond motifs is 2. The van der Waals surface area contributed by atoms with E-state index in [0.29, 0.717) is 13.0 Å². The van der Waals surface area contributed by atoms with E-state index in [0.717, 1.165) is 25.5 Å². The standard InChI is InChI=1S/C13H24N3O4S/c1-21(19,20)9-15-7-11(17)8-16-10-3-2-5-13(16,6-4-10)12(14)18/h2,10-11,15,17H,3-9H2,1H3,(H2,14,18)/t10?,11-,13+/m1/s1. The molecule has 1 amide bonds. The van der Waals surface area contributed by atoms with Crippen molar-refractivity contribution < 1.29 is 18.3 Å². The number of amides is 1. The molecule has 4 N–H and O–H groups in total. The number of rotatable bonds is 7. The summed E-state index contributed by atoms with van der Waals surface area (Å²) < 4.78 is 22.1. The summed E-state index contributed by atoms with van der Waals surface area (Å²) in [6.45, 7) is 0.507. The normalized spacial score (nSPS) is 31.2. The van der Waals surface area contributed by atoms with Crippen LogP contribution in [0.15, 0.2) is 0 Å². The zero-order valence-electron chi connectivity index (χ0n) is 12.3. The molecule has 0 saturated carbocycles. The van der Waals surface area contributed by atoms with Gasteiger partial charge in [-0.3, -0.25) is 9.69 Å². The summed E-state index contributed by atoms with van der Waals surface area (Å²) in [5.41, 5.74) is 4.92. The second-order valence-corrected chi connectivity index (χ2v) is 8.29. The van der Waals surface area contributed by atoms with Crippen LogP contribution in [0.2, 0.25) is 0 Å². The van der Waals surface area contributed by atoms with Gasteiger partial charge in [0.15, 0.2) is 9.84 Å². The number of β-amino-alcohol motifs (C(OH)–C–C–N with tert-alkyl or cyclic N) is 1. The van der Waals surface area contributed by atoms with Crippen LogP contribution in [-0.2, 0) is 14.6 Å². The first kappa shape index (κ1) is 16.7. The number of primary amides is 1. The van der Waals surface area contributed by atoms with E-state index >= 15 is 0 Å². The van der Waals surface area contributed by atoms with Crippen molar-refractivity contribution in [2.75, 3.05) is 25.2 Å². The van der Waals surface area contributed by atoms with Gasteiger partial charge in [0.2, 0.25) is 5.91 Å². The number of nitrogens with zero attached hydrogens (tertiary/aromatic N) is 1. The van der Waals surface area contributed by atoms with Crippen LogP contribution in [0.3, 0.4) is 0 Å². The Morgan fingerprint density at radius 2 is 2.33 bits per heavy atom. The topological polar surface area (TPSA) is 113 Å². The Kier molecular flexibility index (Phi) is 4.92. The van der Waals surface area contributed by atoms with Gasteiger partial charge in [-0.05, 0) is 32.1 Å². The van der Waals surface area contributed by atoms with Crippen LogP contribution in [0.5, 0.6) is 0 Å². The lowest BCUT2D eigenvalue weighted by Crippen LogP contribution is -2.60. The highest BCUT2D eigenvalue weighted by Crippen LogP contribution is 2.43. The average Bonchev–Trinajstić information content (AvgIpc) is 2.57. The number of hydrogen-bond donors (Lipinski definition) is 3. The molecule has 21 heavy (non-hydrogen) atoms. The third kappa shape index (κ3) is 3.74. The molecule has 8 heteroatoms. The number of carbonyl (C=O) groups excluding carboxylic acids is 1. The predicted octanol–water partition coefficient (Wildman–Crippen LogP) is -1.37. The summed E-state index contributed by atoms with van der Waals surface area (Å²) in [7, 11) is -3.10. The van der Waals surface area contributed by atoms with Gasteiger partial charge in [0.1, 0.15) is 5.54 Å². The molecule has 2 saturated heterocycles. The molecule has 2 aliphatic rings. The number of carbonyl (C=O) groups is 1. The zero-order chi connectivity index (χ0) is 15.7. The van der Waals surface area contributed by atoms with Gasteiger partial charge in [0.05, 0.1) is 12.0 Å². The molecule has 2 aliphatic heterocycles. The molecule has 2 heterocycles. The van der Waals surface area contributed by atoms with Crippen LogP contribution < -0.4 is 11.1 Å². The predicted molar refractivity (Wildman–Crippen MR) is 78.9 cm³/mol. The maximum atomic E-state index is 11.9. The largest absolute Gasteiger partial charge is 0.390 e. The van der Waals surface area contributed by atoms with E-state index in [2.05, 4.69) is 11.7 Å². The lowest BCUT2D eigenvalue weighted by molar-refractivity contribution is -0.131. The zero-order valence-corrected chi connectivity index (χ0v) is 13.1. The maximum absolute atomic E-state index is 11.9. The van der Waals surface area contributed by atoms with Crippen molar-refractivity contribution in [1.29, 1.82) is 0 Å². The molecule has 0 aromatic heterocycles. The molecule has 1 radical (unpaired) electrons. The van der Waals surface area contributed by atoms with Crippen molar-refractivity contribution in [3.8, 4) is 0 Å². The Morgan fingerprint density at radius 3 is 2.95 bits per heavy atom. The third-order valence-electron chi connectivity index (χ3n) is 4.41. The lowest BCUT2D eigenvalue weighted by atomic mass is 9.87. The second kappa shape index (κ2) is 6.20. The molecule has 2 rings (SSSR count). The number of hydrogen-bond acceptors (Lipinski definition) is 6. The molecular formula is C13H24N3O4S. The summed E-state index contributed by atoms with van der Waals surface area (Å²) >= 11 is 0. The van der Waals surface area contributed by atoms with E-state index in [1.807, 2.05) is 4.90 Å². The third-order valence-corrected chi connectivity index (χ3v) is 5.14. The van der Waals surface area contributed by atoms with Crippen molar-refractivity contribution in [3.05, 3.63) is 6.42 Å². The van der Waals surface area contributed by atoms with E-state index in [9.17, 15) is 18.3 Å². The minimum absolute atomic E-state index is 0.164. The smallest absolute Gasteiger partial charge is 0.237 e. The van der Waals surface area contributed by atoms with E-state index in [-0.39, 0.29) is 24.4 Å². The van der Waals surface area contributed by atoms with Gasteiger partial charge in [-0.15, -0.1) is 0 Å². The van der Waals surface area contributed by atoms with Gasteiger partial charge in [0, 0.05) is 25.4 Å². The quantitative estimate of drug-likeness (QED) is 0.533. The summed E-state index contributed by atoms with van der Waals surface area (Å²) in [4.78, 5) is 13.9. The van der Waals surface area contributed by atoms with Crippen LogP contribution in [0.4, 0.5) is 0 Å². The van der Waals surface area contributed by atoms with Crippen LogP contribution in [0.1, 0.15) is 25.7 Å². The van der Waals surface area contributed by atoms with Crippen LogP contribution in [0, 0.1) is 6.42 Å². The molecule has 7 nitrogen and oxygen atoms in total. The second-order valence-electron chi connectivity index (χ2n) is 6.15. The van der Waals surface area contributed by atoms with Gasteiger partial charge in [0.25, 0.3) is 0 Å². The molecule has 3 atom stereocenters. The van der Waals surface area contributed by atoms with E-state index in [1.54, 1.807) is 0 Å². The molecule has 2 bridgehead atoms. The van der Waals surface area contributed by atoms with Crippen molar-refractivity contribution in [1.82, 2.24) is 10.2 Å². The Bertz CT molecular complexity index is 492. The highest BCUT2D eigenvalue weighted by atomic mass is 32.2. The maximum Gasteiger partial charge on any atom is 0.237 e. The van der Waals surface area contributed by atoms with Gasteiger partial charge < -0.3 is 16.2 Å². The molecule has 2 fully saturated rings. The SMILES string of the molecule is CS(=O)(=O)CNC[C@@H](O)CN1C2C[CH]C[C@@]1(C(N)=O)CC2. The fourth-order valence-electron chi connectivity index (χ4n) is 3.42. The minimum atomic E-state index is -3.10. The van der Waals surface area contributed by atoms with Crippen LogP contribution in [-0.4, -0.2) is 67.2 Å². The number of aliphatic hydroxyl groups is 1. The number of nitrogens with one attached hydrogen (secondary N) is 1. The highest BCUT2D eigenvalue weighted by molar-refractivity contribution is 7.90. The van der Waals surface area contributed by atoms with Crippen LogP contribution >= 0.6 is 0 Å². The van der Waals surface area contributed by atoms with E-state index in [1.165, 1.54) is 0 Å². The Balaban J connectivity index is 1.93. The van der Waals surface area contributed by atoms with Crippen molar-refractivity contribution >= 4 is 15.7 Å². The van der Waals surface area contributed by atoms with Crippen molar-refractivity contribution in [2.24, 2.45) is 5.73 Å².